The molecular formula is C3H5Cl2NO2. The van der Waals surface area contributed by atoms with Gasteiger partial charge in [-0.05, 0) is 0 Å². The number of rotatable bonds is 3. The Morgan fingerprint density at radius 1 is 1.50 bits per heavy atom. The first-order chi connectivity index (χ1) is 3.72. The second kappa shape index (κ2) is 3.92. The minimum atomic E-state index is -0.793. The van der Waals surface area contributed by atoms with Gasteiger partial charge in [0.25, 0.3) is 0 Å². The molecule has 0 heterocycles. The van der Waals surface area contributed by atoms with Crippen LogP contribution in [0, 0.1) is 10.1 Å². The van der Waals surface area contributed by atoms with Crippen LogP contribution in [0.4, 0.5) is 0 Å². The molecule has 0 aliphatic heterocycles. The second-order valence-electron chi connectivity index (χ2n) is 1.25. The third kappa shape index (κ3) is 2.33. The highest BCUT2D eigenvalue weighted by atomic mass is 35.5. The molecule has 5 heteroatoms. The van der Waals surface area contributed by atoms with E-state index in [1.54, 1.807) is 0 Å². The van der Waals surface area contributed by atoms with Gasteiger partial charge in [0, 0.05) is 4.92 Å². The first-order valence-electron chi connectivity index (χ1n) is 1.97. The first-order valence-corrected chi connectivity index (χ1v) is 3.04. The Kier molecular flexibility index (Phi) is 3.91. The van der Waals surface area contributed by atoms with E-state index in [9.17, 15) is 10.1 Å². The molecule has 0 amide bonds. The number of nitro groups is 1. The Labute approximate surface area is 56.7 Å². The molecule has 0 rings (SSSR count). The van der Waals surface area contributed by atoms with Crippen molar-refractivity contribution >= 4 is 23.2 Å². The summed E-state index contributed by atoms with van der Waals surface area (Å²) in [6.45, 7) is 0. The Bertz CT molecular complexity index is 83.4. The van der Waals surface area contributed by atoms with Crippen molar-refractivity contribution in [1.82, 2.24) is 0 Å². The predicted octanol–water partition coefficient (Wildman–Crippen LogP) is 1.11. The molecule has 0 aromatic rings. The van der Waals surface area contributed by atoms with Crippen molar-refractivity contribution in [3.8, 4) is 0 Å². The molecule has 0 unspecified atom stereocenters. The van der Waals surface area contributed by atoms with Gasteiger partial charge in [-0.2, -0.15) is 0 Å². The topological polar surface area (TPSA) is 43.1 Å². The van der Waals surface area contributed by atoms with Crippen LogP contribution in [0.5, 0.6) is 0 Å². The average Bonchev–Trinajstić information content (AvgIpc) is 1.69. The summed E-state index contributed by atoms with van der Waals surface area (Å²) in [5, 5.41) is 9.80. The van der Waals surface area contributed by atoms with E-state index in [1.165, 1.54) is 0 Å². The van der Waals surface area contributed by atoms with Crippen LogP contribution in [0.2, 0.25) is 0 Å². The maximum absolute atomic E-state index is 9.80. The van der Waals surface area contributed by atoms with Crippen molar-refractivity contribution in [3.63, 3.8) is 0 Å². The molecule has 0 N–H and O–H groups in total. The lowest BCUT2D eigenvalue weighted by molar-refractivity contribution is -0.511. The molecule has 0 spiro atoms. The summed E-state index contributed by atoms with van der Waals surface area (Å²) in [7, 11) is 0. The molecule has 3 nitrogen and oxygen atoms in total. The van der Waals surface area contributed by atoms with Crippen LogP contribution in [-0.4, -0.2) is 22.7 Å². The van der Waals surface area contributed by atoms with Gasteiger partial charge < -0.3 is 0 Å². The van der Waals surface area contributed by atoms with E-state index < -0.39 is 11.0 Å². The molecule has 0 aromatic heterocycles. The zero-order valence-corrected chi connectivity index (χ0v) is 5.52. The summed E-state index contributed by atoms with van der Waals surface area (Å²) >= 11 is 10.3. The quantitative estimate of drug-likeness (QED) is 0.350. The van der Waals surface area contributed by atoms with Gasteiger partial charge in [0.15, 0.2) is 0 Å². The minimum Gasteiger partial charge on any atom is -0.264 e. The molecule has 0 aliphatic carbocycles. The number of halogens is 2. The number of nitrogens with zero attached hydrogens (tertiary/aromatic N) is 1. The van der Waals surface area contributed by atoms with E-state index in [-0.39, 0.29) is 11.8 Å². The zero-order valence-electron chi connectivity index (χ0n) is 4.01. The van der Waals surface area contributed by atoms with E-state index in [0.29, 0.717) is 0 Å². The molecule has 0 saturated heterocycles. The van der Waals surface area contributed by atoms with Gasteiger partial charge in [0.1, 0.15) is 0 Å². The monoisotopic (exact) mass is 157 g/mol. The van der Waals surface area contributed by atoms with Crippen molar-refractivity contribution < 1.29 is 4.92 Å². The van der Waals surface area contributed by atoms with Crippen molar-refractivity contribution in [2.75, 3.05) is 11.8 Å². The molecule has 0 aromatic carbocycles. The largest absolute Gasteiger partial charge is 0.264 e. The fourth-order valence-corrected chi connectivity index (χ4v) is 0.709. The summed E-state index contributed by atoms with van der Waals surface area (Å²) in [6.07, 6.45) is 0. The Hall–Kier alpha value is -0.0200. The number of hydrogen-bond donors (Lipinski definition) is 0. The number of hydrogen-bond acceptors (Lipinski definition) is 2. The molecule has 8 heavy (non-hydrogen) atoms. The van der Waals surface area contributed by atoms with Crippen LogP contribution in [0.1, 0.15) is 0 Å². The SMILES string of the molecule is O=[N+]([O-])C(CCl)CCl. The van der Waals surface area contributed by atoms with Crippen LogP contribution in [0.15, 0.2) is 0 Å². The lowest BCUT2D eigenvalue weighted by atomic mass is 10.4. The summed E-state index contributed by atoms with van der Waals surface area (Å²) in [5.74, 6) is -0.0347. The van der Waals surface area contributed by atoms with Crippen molar-refractivity contribution in [2.24, 2.45) is 0 Å². The smallest absolute Gasteiger partial charge is 0.239 e. The van der Waals surface area contributed by atoms with Gasteiger partial charge in [0.2, 0.25) is 6.04 Å². The Morgan fingerprint density at radius 2 is 1.88 bits per heavy atom. The summed E-state index contributed by atoms with van der Waals surface area (Å²) in [4.78, 5) is 9.31. The lowest BCUT2D eigenvalue weighted by Gasteiger charge is -1.97. The highest BCUT2D eigenvalue weighted by molar-refractivity contribution is 6.21. The second-order valence-corrected chi connectivity index (χ2v) is 1.86. The van der Waals surface area contributed by atoms with Gasteiger partial charge in [-0.1, -0.05) is 0 Å². The fourth-order valence-electron chi connectivity index (χ4n) is 0.154. The van der Waals surface area contributed by atoms with Gasteiger partial charge in [-0.25, -0.2) is 0 Å². The van der Waals surface area contributed by atoms with Crippen molar-refractivity contribution in [1.29, 1.82) is 0 Å². The highest BCUT2D eigenvalue weighted by Gasteiger charge is 2.15. The lowest BCUT2D eigenvalue weighted by Crippen LogP contribution is -2.22. The number of alkyl halides is 2. The van der Waals surface area contributed by atoms with Crippen LogP contribution >= 0.6 is 23.2 Å². The minimum absolute atomic E-state index is 0.0174. The Morgan fingerprint density at radius 3 is 1.88 bits per heavy atom. The average molecular weight is 158 g/mol. The highest BCUT2D eigenvalue weighted by Crippen LogP contribution is 1.95. The van der Waals surface area contributed by atoms with Crippen molar-refractivity contribution in [2.45, 2.75) is 6.04 Å². The molecule has 48 valence electrons. The Balaban J connectivity index is 3.52. The van der Waals surface area contributed by atoms with E-state index >= 15 is 0 Å². The zero-order chi connectivity index (χ0) is 6.57. The molecule has 0 bridgehead atoms. The molecule has 0 radical (unpaired) electrons. The van der Waals surface area contributed by atoms with E-state index in [2.05, 4.69) is 0 Å². The predicted molar refractivity (Wildman–Crippen MR) is 32.2 cm³/mol. The van der Waals surface area contributed by atoms with E-state index in [0.717, 1.165) is 0 Å². The van der Waals surface area contributed by atoms with Crippen molar-refractivity contribution in [3.05, 3.63) is 10.1 Å². The van der Waals surface area contributed by atoms with Crippen LogP contribution < -0.4 is 0 Å². The third-order valence-corrected chi connectivity index (χ3v) is 1.37. The summed E-state index contributed by atoms with van der Waals surface area (Å²) in [5.41, 5.74) is 0. The normalized spacial score (nSPS) is 9.88. The maximum atomic E-state index is 9.80. The summed E-state index contributed by atoms with van der Waals surface area (Å²) < 4.78 is 0. The molecule has 0 saturated carbocycles. The van der Waals surface area contributed by atoms with Gasteiger partial charge >= 0.3 is 0 Å². The standard InChI is InChI=1S/C3H5Cl2NO2/c4-1-3(2-5)6(7)8/h3H,1-2H2. The van der Waals surface area contributed by atoms with Crippen LogP contribution in [0.25, 0.3) is 0 Å². The molecule has 0 atom stereocenters. The van der Waals surface area contributed by atoms with E-state index in [1.807, 2.05) is 0 Å². The van der Waals surface area contributed by atoms with Gasteiger partial charge in [-0.15, -0.1) is 23.2 Å². The molecule has 0 aliphatic rings. The molecular weight excluding hydrogens is 153 g/mol. The first kappa shape index (κ1) is 7.98. The van der Waals surface area contributed by atoms with Gasteiger partial charge in [0.05, 0.1) is 11.8 Å². The van der Waals surface area contributed by atoms with Crippen LogP contribution in [0.3, 0.4) is 0 Å². The van der Waals surface area contributed by atoms with Crippen LogP contribution in [-0.2, 0) is 0 Å². The third-order valence-electron chi connectivity index (χ3n) is 0.654. The van der Waals surface area contributed by atoms with E-state index in [4.69, 9.17) is 23.2 Å². The fraction of sp³-hybridized carbons (Fsp3) is 1.00. The molecule has 0 fully saturated rings. The summed E-state index contributed by atoms with van der Waals surface area (Å²) in [6, 6.07) is -0.793. The maximum Gasteiger partial charge on any atom is 0.239 e. The van der Waals surface area contributed by atoms with Gasteiger partial charge in [-0.3, -0.25) is 10.1 Å².